The summed E-state index contributed by atoms with van der Waals surface area (Å²) < 4.78 is 4.60. The number of methoxy groups -OCH3 is 1. The highest BCUT2D eigenvalue weighted by molar-refractivity contribution is 7.14. The summed E-state index contributed by atoms with van der Waals surface area (Å²) in [5, 5.41) is 0. The van der Waals surface area contributed by atoms with Gasteiger partial charge in [-0.3, -0.25) is 0 Å². The van der Waals surface area contributed by atoms with Crippen LogP contribution in [0.1, 0.15) is 27.4 Å². The maximum absolute atomic E-state index is 11.2. The predicted molar refractivity (Wildman–Crippen MR) is 52.6 cm³/mol. The molecule has 74 valence electrons. The number of rotatable bonds is 3. The molecule has 1 aliphatic carbocycles. The fourth-order valence-electron chi connectivity index (χ4n) is 1.37. The van der Waals surface area contributed by atoms with Gasteiger partial charge in [0.1, 0.15) is 11.2 Å². The van der Waals surface area contributed by atoms with Crippen LogP contribution < -0.4 is 0 Å². The van der Waals surface area contributed by atoms with Crippen molar-refractivity contribution in [1.82, 2.24) is 0 Å². The van der Waals surface area contributed by atoms with E-state index in [1.165, 1.54) is 18.4 Å². The molecule has 0 bridgehead atoms. The molecule has 1 heterocycles. The Morgan fingerprint density at radius 3 is 2.79 bits per heavy atom. The normalized spacial score (nSPS) is 17.5. The Balaban J connectivity index is 2.26. The van der Waals surface area contributed by atoms with Crippen molar-refractivity contribution in [2.45, 2.75) is 18.3 Å². The number of carbonyl (C=O) groups is 2. The van der Waals surface area contributed by atoms with E-state index in [0.717, 1.165) is 24.0 Å². The zero-order valence-electron chi connectivity index (χ0n) is 7.78. The zero-order valence-corrected chi connectivity index (χ0v) is 8.60. The molecular weight excluding hydrogens is 200 g/mol. The van der Waals surface area contributed by atoms with Gasteiger partial charge in [-0.05, 0) is 25.0 Å². The summed E-state index contributed by atoms with van der Waals surface area (Å²) in [7, 11) is 1.36. The Bertz CT molecular complexity index is 376. The molecule has 0 aliphatic heterocycles. The smallest absolute Gasteiger partial charge is 0.348 e. The highest BCUT2D eigenvalue weighted by Gasteiger charge is 2.45. The molecule has 1 fully saturated rings. The molecule has 0 N–H and O–H groups in total. The van der Waals surface area contributed by atoms with Crippen LogP contribution in [0, 0.1) is 0 Å². The Labute approximate surface area is 85.7 Å². The highest BCUT2D eigenvalue weighted by atomic mass is 32.1. The summed E-state index contributed by atoms with van der Waals surface area (Å²) >= 11 is 1.35. The van der Waals surface area contributed by atoms with Crippen molar-refractivity contribution >= 4 is 23.6 Å². The van der Waals surface area contributed by atoms with E-state index < -0.39 is 0 Å². The van der Waals surface area contributed by atoms with Gasteiger partial charge in [0.25, 0.3) is 0 Å². The van der Waals surface area contributed by atoms with E-state index in [9.17, 15) is 9.59 Å². The van der Waals surface area contributed by atoms with Gasteiger partial charge in [-0.25, -0.2) is 4.79 Å². The fraction of sp³-hybridized carbons (Fsp3) is 0.400. The first kappa shape index (κ1) is 9.40. The summed E-state index contributed by atoms with van der Waals surface area (Å²) in [6.07, 6.45) is 2.79. The molecule has 2 rings (SSSR count). The van der Waals surface area contributed by atoms with Gasteiger partial charge in [0, 0.05) is 4.88 Å². The summed E-state index contributed by atoms with van der Waals surface area (Å²) in [6, 6.07) is 3.56. The average molecular weight is 210 g/mol. The summed E-state index contributed by atoms with van der Waals surface area (Å²) in [5.74, 6) is -0.331. The predicted octanol–water partition coefficient (Wildman–Crippen LogP) is 1.77. The number of ether oxygens (including phenoxy) is 1. The van der Waals surface area contributed by atoms with Crippen LogP contribution in [0.3, 0.4) is 0 Å². The molecule has 4 heteroatoms. The molecule has 1 saturated carbocycles. The Hall–Kier alpha value is -1.16. The number of carbonyl (C=O) groups excluding carboxylic acids is 2. The molecular formula is C10H10O3S. The monoisotopic (exact) mass is 210 g/mol. The minimum Gasteiger partial charge on any atom is -0.465 e. The fourth-order valence-corrected chi connectivity index (χ4v) is 2.50. The second-order valence-corrected chi connectivity index (χ2v) is 4.51. The lowest BCUT2D eigenvalue weighted by Crippen LogP contribution is -2.04. The van der Waals surface area contributed by atoms with Gasteiger partial charge in [0.05, 0.1) is 12.5 Å². The third kappa shape index (κ3) is 1.35. The standard InChI is InChI=1S/C10H10O3S/c1-13-9(12)7-2-3-8(14-7)10(6-11)4-5-10/h2-3,6H,4-5H2,1H3. The largest absolute Gasteiger partial charge is 0.465 e. The van der Waals surface area contributed by atoms with Crippen LogP contribution in [0.15, 0.2) is 12.1 Å². The SMILES string of the molecule is COC(=O)c1ccc(C2(C=O)CC2)s1. The molecule has 14 heavy (non-hydrogen) atoms. The van der Waals surface area contributed by atoms with E-state index in [2.05, 4.69) is 4.74 Å². The number of hydrogen-bond acceptors (Lipinski definition) is 4. The maximum atomic E-state index is 11.2. The second kappa shape index (κ2) is 3.20. The van der Waals surface area contributed by atoms with E-state index in [4.69, 9.17) is 0 Å². The van der Waals surface area contributed by atoms with Crippen molar-refractivity contribution in [3.8, 4) is 0 Å². The number of hydrogen-bond donors (Lipinski definition) is 0. The van der Waals surface area contributed by atoms with E-state index in [1.54, 1.807) is 6.07 Å². The van der Waals surface area contributed by atoms with Crippen LogP contribution in [-0.2, 0) is 14.9 Å². The van der Waals surface area contributed by atoms with Crippen molar-refractivity contribution in [2.24, 2.45) is 0 Å². The van der Waals surface area contributed by atoms with Gasteiger partial charge in [0.15, 0.2) is 0 Å². The number of thiophene rings is 1. The molecule has 0 amide bonds. The Morgan fingerprint density at radius 2 is 2.29 bits per heavy atom. The zero-order chi connectivity index (χ0) is 10.2. The summed E-state index contributed by atoms with van der Waals surface area (Å²) in [4.78, 5) is 23.5. The molecule has 1 aromatic heterocycles. The molecule has 0 spiro atoms. The topological polar surface area (TPSA) is 43.4 Å². The molecule has 0 radical (unpaired) electrons. The van der Waals surface area contributed by atoms with Crippen molar-refractivity contribution in [1.29, 1.82) is 0 Å². The summed E-state index contributed by atoms with van der Waals surface area (Å²) in [5.41, 5.74) is -0.281. The molecule has 0 atom stereocenters. The van der Waals surface area contributed by atoms with Gasteiger partial charge < -0.3 is 9.53 Å². The van der Waals surface area contributed by atoms with Gasteiger partial charge in [-0.2, -0.15) is 0 Å². The minimum atomic E-state index is -0.331. The third-order valence-electron chi connectivity index (χ3n) is 2.50. The molecule has 0 unspecified atom stereocenters. The van der Waals surface area contributed by atoms with Crippen LogP contribution in [0.2, 0.25) is 0 Å². The van der Waals surface area contributed by atoms with Gasteiger partial charge in [-0.1, -0.05) is 0 Å². The highest BCUT2D eigenvalue weighted by Crippen LogP contribution is 2.48. The lowest BCUT2D eigenvalue weighted by atomic mass is 10.1. The number of esters is 1. The first-order valence-corrected chi connectivity index (χ1v) is 5.18. The van der Waals surface area contributed by atoms with Crippen molar-refractivity contribution in [3.63, 3.8) is 0 Å². The Kier molecular flexibility index (Phi) is 2.15. The first-order chi connectivity index (χ1) is 6.72. The Morgan fingerprint density at radius 1 is 1.57 bits per heavy atom. The maximum Gasteiger partial charge on any atom is 0.348 e. The van der Waals surface area contributed by atoms with E-state index >= 15 is 0 Å². The molecule has 0 aromatic carbocycles. The van der Waals surface area contributed by atoms with Crippen molar-refractivity contribution < 1.29 is 14.3 Å². The van der Waals surface area contributed by atoms with E-state index in [-0.39, 0.29) is 11.4 Å². The number of aldehydes is 1. The van der Waals surface area contributed by atoms with Crippen LogP contribution in [-0.4, -0.2) is 19.4 Å². The van der Waals surface area contributed by atoms with Gasteiger partial charge in [-0.15, -0.1) is 11.3 Å². The second-order valence-electron chi connectivity index (χ2n) is 3.43. The van der Waals surface area contributed by atoms with Crippen molar-refractivity contribution in [2.75, 3.05) is 7.11 Å². The third-order valence-corrected chi connectivity index (χ3v) is 3.78. The molecule has 3 nitrogen and oxygen atoms in total. The van der Waals surface area contributed by atoms with E-state index in [1.807, 2.05) is 6.07 Å². The minimum absolute atomic E-state index is 0.281. The first-order valence-electron chi connectivity index (χ1n) is 4.37. The van der Waals surface area contributed by atoms with E-state index in [0.29, 0.717) is 4.88 Å². The average Bonchev–Trinajstić information content (AvgIpc) is 2.87. The quantitative estimate of drug-likeness (QED) is 0.564. The van der Waals surface area contributed by atoms with Crippen LogP contribution in [0.25, 0.3) is 0 Å². The molecule has 0 saturated heterocycles. The van der Waals surface area contributed by atoms with Crippen LogP contribution >= 0.6 is 11.3 Å². The lowest BCUT2D eigenvalue weighted by molar-refractivity contribution is -0.109. The van der Waals surface area contributed by atoms with Crippen LogP contribution in [0.5, 0.6) is 0 Å². The van der Waals surface area contributed by atoms with Crippen molar-refractivity contribution in [3.05, 3.63) is 21.9 Å². The summed E-state index contributed by atoms with van der Waals surface area (Å²) in [6.45, 7) is 0. The van der Waals surface area contributed by atoms with Gasteiger partial charge in [0.2, 0.25) is 0 Å². The van der Waals surface area contributed by atoms with Gasteiger partial charge >= 0.3 is 5.97 Å². The van der Waals surface area contributed by atoms with Crippen LogP contribution in [0.4, 0.5) is 0 Å². The lowest BCUT2D eigenvalue weighted by Gasteiger charge is -2.00. The molecule has 1 aromatic rings. The molecule has 1 aliphatic rings.